The lowest BCUT2D eigenvalue weighted by Crippen LogP contribution is -2.11. The van der Waals surface area contributed by atoms with Gasteiger partial charge < -0.3 is 4.74 Å². The molecule has 12 heteroatoms. The molecule has 0 saturated carbocycles. The zero-order chi connectivity index (χ0) is 23.1. The van der Waals surface area contributed by atoms with Gasteiger partial charge in [-0.25, -0.2) is 9.78 Å². The minimum Gasteiger partial charge on any atom is -0.465 e. The Morgan fingerprint density at radius 2 is 1.58 bits per heavy atom. The van der Waals surface area contributed by atoms with Gasteiger partial charge in [-0.1, -0.05) is 0 Å². The van der Waals surface area contributed by atoms with Crippen LogP contribution in [0.15, 0.2) is 28.5 Å². The zero-order valence-corrected chi connectivity index (χ0v) is 18.5. The number of ether oxygens (including phenoxy) is 1. The average molecular weight is 498 g/mol. The van der Waals surface area contributed by atoms with E-state index in [0.717, 1.165) is 15.5 Å². The summed E-state index contributed by atoms with van der Waals surface area (Å²) in [5, 5.41) is 0.384. The van der Waals surface area contributed by atoms with Crippen LogP contribution in [-0.2, 0) is 17.1 Å². The van der Waals surface area contributed by atoms with Crippen LogP contribution < -0.4 is 0 Å². The van der Waals surface area contributed by atoms with Crippen LogP contribution in [0.1, 0.15) is 25.7 Å². The van der Waals surface area contributed by atoms with Crippen molar-refractivity contribution in [3.8, 4) is 21.8 Å². The Bertz CT molecular complexity index is 1100. The maximum atomic E-state index is 13.2. The fourth-order valence-electron chi connectivity index (χ4n) is 2.75. The van der Waals surface area contributed by atoms with E-state index in [1.54, 1.807) is 19.2 Å². The molecular weight excluding hydrogens is 484 g/mol. The summed E-state index contributed by atoms with van der Waals surface area (Å²) in [6.07, 6.45) is -8.12. The van der Waals surface area contributed by atoms with Crippen molar-refractivity contribution >= 4 is 40.4 Å². The van der Waals surface area contributed by atoms with Gasteiger partial charge in [0.1, 0.15) is 9.88 Å². The molecule has 0 fully saturated rings. The van der Waals surface area contributed by atoms with Crippen LogP contribution in [0.25, 0.3) is 21.8 Å². The molecule has 3 nitrogen and oxygen atoms in total. The second-order valence-electron chi connectivity index (χ2n) is 6.23. The van der Waals surface area contributed by atoms with E-state index in [0.29, 0.717) is 32.5 Å². The summed E-state index contributed by atoms with van der Waals surface area (Å²) in [5.74, 6) is -0.548. The highest BCUT2D eigenvalue weighted by Gasteiger charge is 2.37. The number of alkyl halides is 6. The number of rotatable bonds is 4. The van der Waals surface area contributed by atoms with Gasteiger partial charge in [0.25, 0.3) is 0 Å². The van der Waals surface area contributed by atoms with Crippen LogP contribution in [-0.4, -0.2) is 24.3 Å². The molecule has 0 aliphatic heterocycles. The number of nitrogens with zero attached hydrogens (tertiary/aromatic N) is 1. The first-order chi connectivity index (χ1) is 14.3. The van der Waals surface area contributed by atoms with Crippen molar-refractivity contribution in [2.24, 2.45) is 0 Å². The van der Waals surface area contributed by atoms with E-state index < -0.39 is 29.4 Å². The maximum Gasteiger partial charge on any atom is 0.416 e. The van der Waals surface area contributed by atoms with E-state index in [1.807, 2.05) is 0 Å². The monoisotopic (exact) mass is 497 g/mol. The van der Waals surface area contributed by atoms with Crippen molar-refractivity contribution in [3.63, 3.8) is 0 Å². The van der Waals surface area contributed by atoms with Crippen molar-refractivity contribution in [2.45, 2.75) is 23.5 Å². The number of hydrogen-bond acceptors (Lipinski definition) is 6. The van der Waals surface area contributed by atoms with Gasteiger partial charge in [-0.2, -0.15) is 26.3 Å². The largest absolute Gasteiger partial charge is 0.465 e. The van der Waals surface area contributed by atoms with Gasteiger partial charge in [0.05, 0.1) is 28.1 Å². The fourth-order valence-corrected chi connectivity index (χ4v) is 5.62. The maximum absolute atomic E-state index is 13.2. The minimum atomic E-state index is -4.95. The normalized spacial score (nSPS) is 12.3. The van der Waals surface area contributed by atoms with E-state index in [4.69, 9.17) is 4.74 Å². The van der Waals surface area contributed by atoms with Gasteiger partial charge >= 0.3 is 18.3 Å². The lowest BCUT2D eigenvalue weighted by atomic mass is 10.0. The third-order valence-corrected chi connectivity index (χ3v) is 7.41. The molecule has 0 spiro atoms. The topological polar surface area (TPSA) is 39.2 Å². The second-order valence-corrected chi connectivity index (χ2v) is 9.56. The molecule has 0 bridgehead atoms. The van der Waals surface area contributed by atoms with Gasteiger partial charge in [-0.15, -0.1) is 34.4 Å². The number of carbonyl (C=O) groups is 1. The number of methoxy groups -OCH3 is 1. The van der Waals surface area contributed by atoms with E-state index in [2.05, 4.69) is 4.98 Å². The quantitative estimate of drug-likeness (QED) is 0.214. The highest BCUT2D eigenvalue weighted by Crippen LogP contribution is 2.44. The summed E-state index contributed by atoms with van der Waals surface area (Å²) in [4.78, 5) is 16.9. The molecule has 31 heavy (non-hydrogen) atoms. The number of aromatic nitrogens is 1. The molecule has 2 aromatic heterocycles. The third kappa shape index (κ3) is 4.90. The number of benzene rings is 1. The Labute approximate surface area is 185 Å². The van der Waals surface area contributed by atoms with Crippen LogP contribution in [0.3, 0.4) is 0 Å². The molecule has 0 amide bonds. The molecule has 2 heterocycles. The molecule has 3 aromatic rings. The number of aryl methyl sites for hydroxylation is 1. The fraction of sp³-hybridized carbons (Fsp3) is 0.263. The van der Waals surface area contributed by atoms with Crippen molar-refractivity contribution in [2.75, 3.05) is 13.4 Å². The average Bonchev–Trinajstić information content (AvgIpc) is 3.29. The SMILES string of the molecule is COC(=O)c1cc(-c2nc(-c3cc(C(F)(F)F)cc(C(F)(F)F)c3)c(C)s2)c(SC)s1. The molecule has 0 saturated heterocycles. The van der Waals surface area contributed by atoms with E-state index in [1.165, 1.54) is 30.2 Å². The minimum absolute atomic E-state index is 0.0227. The predicted molar refractivity (Wildman–Crippen MR) is 109 cm³/mol. The summed E-state index contributed by atoms with van der Waals surface area (Å²) >= 11 is 3.63. The molecule has 0 aliphatic carbocycles. The van der Waals surface area contributed by atoms with Crippen LogP contribution >= 0.6 is 34.4 Å². The Kier molecular flexibility index (Phi) is 6.45. The van der Waals surface area contributed by atoms with Gasteiger partial charge in [0.15, 0.2) is 0 Å². The molecule has 1 aromatic carbocycles. The molecule has 0 aliphatic rings. The van der Waals surface area contributed by atoms with Crippen LogP contribution in [0.2, 0.25) is 0 Å². The number of hydrogen-bond donors (Lipinski definition) is 0. The number of halogens is 6. The van der Waals surface area contributed by atoms with E-state index >= 15 is 0 Å². The van der Waals surface area contributed by atoms with Crippen LogP contribution in [0.5, 0.6) is 0 Å². The van der Waals surface area contributed by atoms with Gasteiger partial charge in [-0.3, -0.25) is 0 Å². The Balaban J connectivity index is 2.16. The second kappa shape index (κ2) is 8.47. The number of thiazole rings is 1. The molecule has 3 rings (SSSR count). The van der Waals surface area contributed by atoms with Crippen molar-refractivity contribution in [3.05, 3.63) is 45.1 Å². The first-order valence-electron chi connectivity index (χ1n) is 8.39. The number of carbonyl (C=O) groups excluding carboxylic acids is 1. The Morgan fingerprint density at radius 1 is 1.00 bits per heavy atom. The first-order valence-corrected chi connectivity index (χ1v) is 11.2. The van der Waals surface area contributed by atoms with Gasteiger partial charge in [0.2, 0.25) is 0 Å². The highest BCUT2D eigenvalue weighted by atomic mass is 32.2. The summed E-state index contributed by atoms with van der Waals surface area (Å²) in [7, 11) is 1.23. The molecular formula is C19H13F6NO2S3. The summed E-state index contributed by atoms with van der Waals surface area (Å²) in [6, 6.07) is 2.95. The van der Waals surface area contributed by atoms with Crippen molar-refractivity contribution < 1.29 is 35.9 Å². The van der Waals surface area contributed by atoms with Crippen molar-refractivity contribution in [1.82, 2.24) is 4.98 Å². The molecule has 0 radical (unpaired) electrons. The van der Waals surface area contributed by atoms with E-state index in [9.17, 15) is 31.1 Å². The third-order valence-electron chi connectivity index (χ3n) is 4.16. The molecule has 166 valence electrons. The van der Waals surface area contributed by atoms with Crippen molar-refractivity contribution in [1.29, 1.82) is 0 Å². The number of thiophene rings is 1. The Hall–Kier alpha value is -2.05. The van der Waals surface area contributed by atoms with Crippen LogP contribution in [0.4, 0.5) is 26.3 Å². The smallest absolute Gasteiger partial charge is 0.416 e. The van der Waals surface area contributed by atoms with E-state index in [-0.39, 0.29) is 17.3 Å². The number of thioether (sulfide) groups is 1. The van der Waals surface area contributed by atoms with Gasteiger partial charge in [0, 0.05) is 16.0 Å². The summed E-state index contributed by atoms with van der Waals surface area (Å²) in [6.45, 7) is 1.57. The predicted octanol–water partition coefficient (Wildman–Crippen LogP) is 7.39. The highest BCUT2D eigenvalue weighted by molar-refractivity contribution is 8.00. The lowest BCUT2D eigenvalue weighted by molar-refractivity contribution is -0.143. The standard InChI is InChI=1S/C19H13F6NO2S3/c1-8-14(9-4-10(18(20,21)22)6-11(5-9)19(23,24)25)26-15(30-8)12-7-13(16(27)28-2)31-17(12)29-3/h4-7H,1-3H3. The van der Waals surface area contributed by atoms with Gasteiger partial charge in [-0.05, 0) is 37.4 Å². The summed E-state index contributed by atoms with van der Waals surface area (Å²) < 4.78 is 84.6. The zero-order valence-electron chi connectivity index (χ0n) is 16.1. The molecule has 0 atom stereocenters. The lowest BCUT2D eigenvalue weighted by Gasteiger charge is -2.13. The molecule has 0 unspecified atom stereocenters. The molecule has 0 N–H and O–H groups in total. The Morgan fingerprint density at radius 3 is 2.06 bits per heavy atom. The summed E-state index contributed by atoms with van der Waals surface area (Å²) in [5.41, 5.74) is -2.50. The van der Waals surface area contributed by atoms with Crippen LogP contribution in [0, 0.1) is 6.92 Å². The number of esters is 1. The first kappa shape index (κ1) is 23.6.